The van der Waals surface area contributed by atoms with Crippen LogP contribution in [-0.2, 0) is 0 Å². The van der Waals surface area contributed by atoms with E-state index in [1.165, 1.54) is 25.7 Å². The fourth-order valence-corrected chi connectivity index (χ4v) is 0.874. The van der Waals surface area contributed by atoms with Crippen molar-refractivity contribution in [1.82, 2.24) is 0 Å². The van der Waals surface area contributed by atoms with Gasteiger partial charge in [-0.3, -0.25) is 0 Å². The average molecular weight is 108 g/mol. The molecular weight excluding hydrogens is 96.1 g/mol. The Bertz CT molecular complexity index is 84.6. The van der Waals surface area contributed by atoms with Crippen molar-refractivity contribution in [3.8, 4) is 0 Å². The smallest absolute Gasteiger partial charge is 0.0347 e. The van der Waals surface area contributed by atoms with E-state index >= 15 is 0 Å². The molecule has 8 heavy (non-hydrogen) atoms. The minimum Gasteiger partial charge on any atom is -0.0845 e. The van der Waals surface area contributed by atoms with Gasteiger partial charge in [-0.25, -0.2) is 0 Å². The fourth-order valence-electron chi connectivity index (χ4n) is 0.874. The van der Waals surface area contributed by atoms with Gasteiger partial charge in [-0.1, -0.05) is 24.3 Å². The molecule has 44 valence electrons. The summed E-state index contributed by atoms with van der Waals surface area (Å²) in [5.74, 6) is 0. The van der Waals surface area contributed by atoms with Gasteiger partial charge >= 0.3 is 0 Å². The molecule has 0 atom stereocenters. The lowest BCUT2D eigenvalue weighted by Gasteiger charge is -1.94. The Hall–Kier alpha value is -0.520. The molecule has 0 aromatic heterocycles. The summed E-state index contributed by atoms with van der Waals surface area (Å²) in [5, 5.41) is 0. The highest BCUT2D eigenvalue weighted by Gasteiger charge is 1.84. The zero-order valence-electron chi connectivity index (χ0n) is 5.14. The van der Waals surface area contributed by atoms with Crippen LogP contribution < -0.4 is 0 Å². The third-order valence-corrected chi connectivity index (χ3v) is 1.37. The molecule has 0 aromatic carbocycles. The molecule has 0 amide bonds. The van der Waals surface area contributed by atoms with Crippen molar-refractivity contribution in [2.45, 2.75) is 25.7 Å². The monoisotopic (exact) mass is 108 g/mol. The first-order valence-electron chi connectivity index (χ1n) is 3.32. The van der Waals surface area contributed by atoms with Gasteiger partial charge in [0.25, 0.3) is 0 Å². The van der Waals surface area contributed by atoms with Crippen LogP contribution in [0.15, 0.2) is 24.3 Å². The van der Waals surface area contributed by atoms with E-state index in [0.29, 0.717) is 0 Å². The Kier molecular flexibility index (Phi) is 2.44. The zero-order valence-corrected chi connectivity index (χ0v) is 5.14. The van der Waals surface area contributed by atoms with Gasteiger partial charge in [-0.2, -0.15) is 0 Å². The predicted octanol–water partition coefficient (Wildman–Crippen LogP) is 2.67. The number of hydrogen-bond donors (Lipinski definition) is 0. The van der Waals surface area contributed by atoms with Crippen molar-refractivity contribution >= 4 is 0 Å². The fraction of sp³-hybridized carbons (Fsp3) is 0.500. The highest BCUT2D eigenvalue weighted by atomic mass is 13.9. The molecule has 0 fully saturated rings. The van der Waals surface area contributed by atoms with E-state index in [4.69, 9.17) is 0 Å². The molecule has 0 aromatic rings. The van der Waals surface area contributed by atoms with Crippen LogP contribution in [0.4, 0.5) is 0 Å². The summed E-state index contributed by atoms with van der Waals surface area (Å²) in [6.07, 6.45) is 14.0. The molecule has 1 aliphatic carbocycles. The molecule has 0 spiro atoms. The third-order valence-electron chi connectivity index (χ3n) is 1.37. The first-order valence-corrected chi connectivity index (χ1v) is 3.32. The molecule has 0 heteroatoms. The van der Waals surface area contributed by atoms with Crippen LogP contribution >= 0.6 is 0 Å². The van der Waals surface area contributed by atoms with Crippen molar-refractivity contribution < 1.29 is 0 Å². The first kappa shape index (κ1) is 5.61. The highest BCUT2D eigenvalue weighted by Crippen LogP contribution is 2.04. The molecule has 0 saturated heterocycles. The summed E-state index contributed by atoms with van der Waals surface area (Å²) >= 11 is 0. The van der Waals surface area contributed by atoms with E-state index in [0.717, 1.165) is 0 Å². The predicted molar refractivity (Wildman–Crippen MR) is 36.7 cm³/mol. The van der Waals surface area contributed by atoms with Crippen molar-refractivity contribution in [3.05, 3.63) is 24.3 Å². The Morgan fingerprint density at radius 1 is 0.750 bits per heavy atom. The maximum atomic E-state index is 2.23. The Morgan fingerprint density at radius 2 is 1.25 bits per heavy atom. The lowest BCUT2D eigenvalue weighted by molar-refractivity contribution is 0.758. The Morgan fingerprint density at radius 3 is 1.75 bits per heavy atom. The standard InChI is InChI=1S/C8H12/c1-2-4-6-8-7-5-3-1/h1-4H,5-8H2/b3-1-,4-2?. The van der Waals surface area contributed by atoms with Crippen LogP contribution in [0.25, 0.3) is 0 Å². The molecule has 0 nitrogen and oxygen atoms in total. The molecule has 0 aliphatic heterocycles. The summed E-state index contributed by atoms with van der Waals surface area (Å²) in [6, 6.07) is 0. The van der Waals surface area contributed by atoms with Crippen molar-refractivity contribution in [1.29, 1.82) is 0 Å². The summed E-state index contributed by atoms with van der Waals surface area (Å²) in [4.78, 5) is 0. The van der Waals surface area contributed by atoms with Crippen LogP contribution in [0.2, 0.25) is 0 Å². The van der Waals surface area contributed by atoms with Gasteiger partial charge in [0.15, 0.2) is 0 Å². The lowest BCUT2D eigenvalue weighted by atomic mass is 10.1. The second-order valence-electron chi connectivity index (χ2n) is 2.14. The molecule has 0 unspecified atom stereocenters. The van der Waals surface area contributed by atoms with Gasteiger partial charge in [-0.05, 0) is 25.7 Å². The van der Waals surface area contributed by atoms with E-state index in [2.05, 4.69) is 24.3 Å². The van der Waals surface area contributed by atoms with Gasteiger partial charge in [0, 0.05) is 0 Å². The topological polar surface area (TPSA) is 0 Å². The molecule has 0 bridgehead atoms. The summed E-state index contributed by atoms with van der Waals surface area (Å²) < 4.78 is 0. The third kappa shape index (κ3) is 1.97. The van der Waals surface area contributed by atoms with Crippen molar-refractivity contribution in [2.75, 3.05) is 0 Å². The molecular formula is C8H12. The quantitative estimate of drug-likeness (QED) is 0.447. The first-order chi connectivity index (χ1) is 4.00. The summed E-state index contributed by atoms with van der Waals surface area (Å²) in [5.41, 5.74) is 0. The molecule has 1 rings (SSSR count). The summed E-state index contributed by atoms with van der Waals surface area (Å²) in [6.45, 7) is 0. The largest absolute Gasteiger partial charge is 0.0845 e. The van der Waals surface area contributed by atoms with Crippen LogP contribution in [0.5, 0.6) is 0 Å². The van der Waals surface area contributed by atoms with E-state index < -0.39 is 0 Å². The van der Waals surface area contributed by atoms with Gasteiger partial charge < -0.3 is 0 Å². The van der Waals surface area contributed by atoms with Gasteiger partial charge in [-0.15, -0.1) is 0 Å². The van der Waals surface area contributed by atoms with E-state index in [9.17, 15) is 0 Å². The van der Waals surface area contributed by atoms with Crippen molar-refractivity contribution in [2.24, 2.45) is 0 Å². The summed E-state index contributed by atoms with van der Waals surface area (Å²) in [7, 11) is 0. The average Bonchev–Trinajstić information content (AvgIpc) is 1.62. The maximum Gasteiger partial charge on any atom is -0.0347 e. The molecule has 0 radical (unpaired) electrons. The Labute approximate surface area is 50.9 Å². The zero-order chi connectivity index (χ0) is 5.66. The normalized spacial score (nSPS) is 24.0. The molecule has 0 saturated carbocycles. The number of rotatable bonds is 0. The van der Waals surface area contributed by atoms with Crippen LogP contribution in [0, 0.1) is 0 Å². The van der Waals surface area contributed by atoms with E-state index in [1.807, 2.05) is 0 Å². The number of hydrogen-bond acceptors (Lipinski definition) is 0. The van der Waals surface area contributed by atoms with Crippen molar-refractivity contribution in [3.63, 3.8) is 0 Å². The van der Waals surface area contributed by atoms with Gasteiger partial charge in [0.2, 0.25) is 0 Å². The van der Waals surface area contributed by atoms with Crippen LogP contribution in [0.1, 0.15) is 25.7 Å². The lowest BCUT2D eigenvalue weighted by Crippen LogP contribution is -1.74. The minimum absolute atomic E-state index is 1.27. The van der Waals surface area contributed by atoms with Crippen LogP contribution in [0.3, 0.4) is 0 Å². The molecule has 0 N–H and O–H groups in total. The van der Waals surface area contributed by atoms with E-state index in [-0.39, 0.29) is 0 Å². The second-order valence-corrected chi connectivity index (χ2v) is 2.14. The maximum absolute atomic E-state index is 2.23. The van der Waals surface area contributed by atoms with Gasteiger partial charge in [0.1, 0.15) is 0 Å². The molecule has 1 aliphatic rings. The van der Waals surface area contributed by atoms with Gasteiger partial charge in [0.05, 0.1) is 0 Å². The second kappa shape index (κ2) is 3.48. The highest BCUT2D eigenvalue weighted by molar-refractivity contribution is 5.03. The SMILES string of the molecule is C1=CCCCC/C=C\1. The Balaban J connectivity index is 2.33. The number of allylic oxidation sites excluding steroid dienone is 4. The van der Waals surface area contributed by atoms with E-state index in [1.54, 1.807) is 0 Å². The molecule has 0 heterocycles. The minimum atomic E-state index is 1.27. The van der Waals surface area contributed by atoms with Crippen LogP contribution in [-0.4, -0.2) is 0 Å².